The number of benzene rings is 1. The van der Waals surface area contributed by atoms with Crippen LogP contribution in [0.2, 0.25) is 0 Å². The zero-order valence-electron chi connectivity index (χ0n) is 11.7. The van der Waals surface area contributed by atoms with Crippen molar-refractivity contribution in [3.8, 4) is 0 Å². The average Bonchev–Trinajstić information content (AvgIpc) is 2.54. The van der Waals surface area contributed by atoms with Gasteiger partial charge in [-0.3, -0.25) is 10.2 Å². The van der Waals surface area contributed by atoms with Crippen molar-refractivity contribution in [2.24, 2.45) is 12.5 Å². The molecule has 4 nitrogen and oxygen atoms in total. The topological polar surface area (TPSA) is 50.8 Å². The Morgan fingerprint density at radius 2 is 1.74 bits per heavy atom. The second-order valence-electron chi connectivity index (χ2n) is 5.63. The fraction of sp³-hybridized carbons (Fsp3) is 0.429. The molecule has 0 unspecified atom stereocenters. The zero-order chi connectivity index (χ0) is 13.5. The van der Waals surface area contributed by atoms with Gasteiger partial charge in [-0.25, -0.2) is 0 Å². The smallest absolute Gasteiger partial charge is 0.203 e. The van der Waals surface area contributed by atoms with Crippen LogP contribution in [-0.2, 0) is 18.4 Å². The van der Waals surface area contributed by atoms with Gasteiger partial charge in [0.2, 0.25) is 5.62 Å². The molecule has 1 N–H and O–H groups in total. The number of rotatable bonds is 2. The summed E-state index contributed by atoms with van der Waals surface area (Å²) in [7, 11) is 1.85. The van der Waals surface area contributed by atoms with Gasteiger partial charge < -0.3 is 26.1 Å². The van der Waals surface area contributed by atoms with Crippen LogP contribution in [-0.4, -0.2) is 14.9 Å². The van der Waals surface area contributed by atoms with Crippen LogP contribution in [0.3, 0.4) is 0 Å². The summed E-state index contributed by atoms with van der Waals surface area (Å²) in [5, 5.41) is 8.10. The zero-order valence-corrected chi connectivity index (χ0v) is 13.3. The molecule has 2 rings (SSSR count). The molecular weight excluding hydrogens is 306 g/mol. The van der Waals surface area contributed by atoms with Crippen molar-refractivity contribution in [3.63, 3.8) is 0 Å². The Morgan fingerprint density at radius 3 is 2.26 bits per heavy atom. The first-order valence-corrected chi connectivity index (χ1v) is 6.04. The summed E-state index contributed by atoms with van der Waals surface area (Å²) in [6.45, 7) is 5.98. The molecule has 1 aromatic heterocycles. The fourth-order valence-electron chi connectivity index (χ4n) is 1.93. The first-order valence-electron chi connectivity index (χ1n) is 6.04. The molecule has 0 saturated heterocycles. The highest BCUT2D eigenvalue weighted by molar-refractivity contribution is 5.85. The van der Waals surface area contributed by atoms with Crippen LogP contribution in [0.15, 0.2) is 24.3 Å². The standard InChI is InChI=1S/C14H19N3O.BrH/c1-14(2,3)12(18)9-17-11-8-6-5-7-10(11)16(4)13(17)15;/h5-8,15H,9H2,1-4H3;1H/p-1. The minimum Gasteiger partial charge on any atom is -1.00 e. The summed E-state index contributed by atoms with van der Waals surface area (Å²) in [4.78, 5) is 12.1. The number of aryl methyl sites for hydroxylation is 1. The van der Waals surface area contributed by atoms with E-state index in [1.807, 2.05) is 52.1 Å². The molecule has 1 heterocycles. The van der Waals surface area contributed by atoms with E-state index in [9.17, 15) is 4.79 Å². The van der Waals surface area contributed by atoms with E-state index in [4.69, 9.17) is 5.41 Å². The van der Waals surface area contributed by atoms with Crippen molar-refractivity contribution >= 4 is 16.8 Å². The first kappa shape index (κ1) is 15.7. The van der Waals surface area contributed by atoms with Gasteiger partial charge >= 0.3 is 0 Å². The van der Waals surface area contributed by atoms with Crippen LogP contribution in [0.25, 0.3) is 11.0 Å². The minimum absolute atomic E-state index is 0. The lowest BCUT2D eigenvalue weighted by atomic mass is 9.91. The largest absolute Gasteiger partial charge is 1.00 e. The molecule has 19 heavy (non-hydrogen) atoms. The molecule has 0 aliphatic rings. The van der Waals surface area contributed by atoms with E-state index < -0.39 is 0 Å². The minimum atomic E-state index is -0.379. The number of aromatic nitrogens is 2. The van der Waals surface area contributed by atoms with Crippen LogP contribution < -0.4 is 22.6 Å². The Hall–Kier alpha value is -1.36. The van der Waals surface area contributed by atoms with Gasteiger partial charge in [0.25, 0.3) is 0 Å². The lowest BCUT2D eigenvalue weighted by Crippen LogP contribution is -3.00. The van der Waals surface area contributed by atoms with Gasteiger partial charge in [0.1, 0.15) is 0 Å². The summed E-state index contributed by atoms with van der Waals surface area (Å²) in [5.74, 6) is 0.136. The highest BCUT2D eigenvalue weighted by Gasteiger charge is 2.22. The van der Waals surface area contributed by atoms with Gasteiger partial charge in [-0.1, -0.05) is 32.9 Å². The Labute approximate surface area is 123 Å². The molecule has 0 spiro atoms. The van der Waals surface area contributed by atoms with Crippen LogP contribution in [0.4, 0.5) is 0 Å². The van der Waals surface area contributed by atoms with E-state index in [1.54, 1.807) is 9.13 Å². The second kappa shape index (κ2) is 5.33. The van der Waals surface area contributed by atoms with Gasteiger partial charge in [-0.2, -0.15) is 0 Å². The highest BCUT2D eigenvalue weighted by atomic mass is 79.9. The summed E-state index contributed by atoms with van der Waals surface area (Å²) in [6.07, 6.45) is 0. The van der Waals surface area contributed by atoms with Crippen LogP contribution in [0, 0.1) is 10.8 Å². The molecule has 0 aliphatic heterocycles. The van der Waals surface area contributed by atoms with E-state index in [0.717, 1.165) is 11.0 Å². The van der Waals surface area contributed by atoms with Crippen molar-refractivity contribution in [3.05, 3.63) is 29.9 Å². The fourth-order valence-corrected chi connectivity index (χ4v) is 1.93. The summed E-state index contributed by atoms with van der Waals surface area (Å²) in [6, 6.07) is 7.78. The van der Waals surface area contributed by atoms with Crippen molar-refractivity contribution in [2.75, 3.05) is 0 Å². The van der Waals surface area contributed by atoms with Gasteiger partial charge in [0.05, 0.1) is 17.6 Å². The Morgan fingerprint density at radius 1 is 1.21 bits per heavy atom. The molecule has 104 valence electrons. The number of fused-ring (bicyclic) bond motifs is 1. The molecule has 2 aromatic rings. The Bertz CT molecular complexity index is 661. The average molecular weight is 325 g/mol. The number of ketones is 1. The van der Waals surface area contributed by atoms with E-state index in [-0.39, 0.29) is 34.7 Å². The maximum Gasteiger partial charge on any atom is 0.203 e. The number of nitrogens with one attached hydrogen (secondary N) is 1. The quantitative estimate of drug-likeness (QED) is 0.763. The third-order valence-corrected chi connectivity index (χ3v) is 3.25. The molecule has 0 saturated carbocycles. The molecule has 1 aromatic carbocycles. The third-order valence-electron chi connectivity index (χ3n) is 3.25. The number of imidazole rings is 1. The van der Waals surface area contributed by atoms with Crippen molar-refractivity contribution in [1.82, 2.24) is 9.13 Å². The molecule has 0 radical (unpaired) electrons. The predicted molar refractivity (Wildman–Crippen MR) is 71.2 cm³/mol. The molecule has 0 amide bonds. The van der Waals surface area contributed by atoms with Gasteiger partial charge in [0, 0.05) is 12.5 Å². The number of carbonyl (C=O) groups excluding carboxylic acids is 1. The highest BCUT2D eigenvalue weighted by Crippen LogP contribution is 2.17. The molecule has 5 heteroatoms. The maximum atomic E-state index is 12.1. The van der Waals surface area contributed by atoms with E-state index in [1.165, 1.54) is 0 Å². The monoisotopic (exact) mass is 324 g/mol. The molecular formula is C14H19BrN3O-. The number of halogens is 1. The molecule has 0 bridgehead atoms. The number of para-hydroxylation sites is 2. The SMILES string of the molecule is Cn1c(=N)n(CC(=O)C(C)(C)C)c2ccccc21.[Br-]. The van der Waals surface area contributed by atoms with Gasteiger partial charge in [-0.15, -0.1) is 0 Å². The molecule has 0 aliphatic carbocycles. The molecule has 0 atom stereocenters. The summed E-state index contributed by atoms with van der Waals surface area (Å²) in [5.41, 5.74) is 1.89. The number of Topliss-reactive ketones (excluding diaryl/α,β-unsaturated/α-hetero) is 1. The van der Waals surface area contributed by atoms with E-state index in [0.29, 0.717) is 5.62 Å². The van der Waals surface area contributed by atoms with E-state index >= 15 is 0 Å². The van der Waals surface area contributed by atoms with Crippen molar-refractivity contribution < 1.29 is 21.8 Å². The number of hydrogen-bond acceptors (Lipinski definition) is 2. The van der Waals surface area contributed by atoms with Crippen molar-refractivity contribution in [1.29, 1.82) is 5.41 Å². The second-order valence-corrected chi connectivity index (χ2v) is 5.63. The lowest BCUT2D eigenvalue weighted by Gasteiger charge is -2.17. The van der Waals surface area contributed by atoms with Crippen LogP contribution in [0.1, 0.15) is 20.8 Å². The third kappa shape index (κ3) is 2.81. The maximum absolute atomic E-state index is 12.1. The number of carbonyl (C=O) groups is 1. The predicted octanol–water partition coefficient (Wildman–Crippen LogP) is -0.922. The van der Waals surface area contributed by atoms with Gasteiger partial charge in [0.15, 0.2) is 5.78 Å². The number of nitrogens with zero attached hydrogens (tertiary/aromatic N) is 2. The summed E-state index contributed by atoms with van der Waals surface area (Å²) >= 11 is 0. The summed E-state index contributed by atoms with van der Waals surface area (Å²) < 4.78 is 3.56. The Balaban J connectivity index is 0.00000180. The normalized spacial score (nSPS) is 11.4. The Kier molecular flexibility index (Phi) is 4.40. The molecule has 0 fully saturated rings. The van der Waals surface area contributed by atoms with Crippen LogP contribution >= 0.6 is 0 Å². The van der Waals surface area contributed by atoms with E-state index in [2.05, 4.69) is 0 Å². The first-order chi connectivity index (χ1) is 8.32. The lowest BCUT2D eigenvalue weighted by molar-refractivity contribution is -0.126. The number of hydrogen-bond donors (Lipinski definition) is 1. The van der Waals surface area contributed by atoms with Crippen molar-refractivity contribution in [2.45, 2.75) is 27.3 Å². The van der Waals surface area contributed by atoms with Gasteiger partial charge in [-0.05, 0) is 12.1 Å². The van der Waals surface area contributed by atoms with Crippen LogP contribution in [0.5, 0.6) is 0 Å².